The standard InChI is InChI=1S/C38H22N4S/c1-4-12-30-27(11-1)37-39-31-13-5-7-15-34(31)42(37)38(40-30)41-32-14-6-2-9-25(32)28-21-23(17-19-33(28)41)24-18-20-36-29(22-24)26-10-3-8-16-35(26)43-36/h1-22H. The summed E-state index contributed by atoms with van der Waals surface area (Å²) in [5.41, 5.74) is 8.52. The second-order valence-electron chi connectivity index (χ2n) is 11.1. The minimum atomic E-state index is 0.840. The summed E-state index contributed by atoms with van der Waals surface area (Å²) in [4.78, 5) is 10.4. The topological polar surface area (TPSA) is 35.1 Å². The summed E-state index contributed by atoms with van der Waals surface area (Å²) in [6.07, 6.45) is 0. The fourth-order valence-corrected chi connectivity index (χ4v) is 7.84. The van der Waals surface area contributed by atoms with Gasteiger partial charge in [0, 0.05) is 36.3 Å². The fourth-order valence-electron chi connectivity index (χ4n) is 6.75. The third-order valence-electron chi connectivity index (χ3n) is 8.71. The summed E-state index contributed by atoms with van der Waals surface area (Å²) in [5.74, 6) is 0.840. The van der Waals surface area contributed by atoms with Crippen molar-refractivity contribution < 1.29 is 0 Å². The third kappa shape index (κ3) is 3.20. The fraction of sp³-hybridized carbons (Fsp3) is 0. The van der Waals surface area contributed by atoms with Gasteiger partial charge in [-0.2, -0.15) is 0 Å². The number of fused-ring (bicyclic) bond motifs is 11. The first-order valence-electron chi connectivity index (χ1n) is 14.4. The van der Waals surface area contributed by atoms with E-state index in [2.05, 4.69) is 130 Å². The van der Waals surface area contributed by atoms with Gasteiger partial charge < -0.3 is 0 Å². The molecule has 0 bridgehead atoms. The molecule has 0 radical (unpaired) electrons. The van der Waals surface area contributed by atoms with E-state index in [-0.39, 0.29) is 0 Å². The highest BCUT2D eigenvalue weighted by Crippen LogP contribution is 2.39. The quantitative estimate of drug-likeness (QED) is 0.209. The highest BCUT2D eigenvalue weighted by atomic mass is 32.1. The number of imidazole rings is 1. The Hall–Kier alpha value is -5.52. The van der Waals surface area contributed by atoms with Gasteiger partial charge in [0.05, 0.1) is 27.6 Å². The van der Waals surface area contributed by atoms with Crippen molar-refractivity contribution in [3.05, 3.63) is 133 Å². The second kappa shape index (κ2) is 8.51. The van der Waals surface area contributed by atoms with Crippen molar-refractivity contribution in [2.75, 3.05) is 0 Å². The van der Waals surface area contributed by atoms with E-state index in [4.69, 9.17) is 9.97 Å². The van der Waals surface area contributed by atoms with E-state index in [1.165, 1.54) is 42.1 Å². The smallest absolute Gasteiger partial charge is 0.221 e. The van der Waals surface area contributed by atoms with Crippen LogP contribution in [0.2, 0.25) is 0 Å². The molecule has 43 heavy (non-hydrogen) atoms. The van der Waals surface area contributed by atoms with E-state index in [1.807, 2.05) is 23.5 Å². The number of aromatic nitrogens is 4. The Labute approximate surface area is 249 Å². The van der Waals surface area contributed by atoms with Crippen LogP contribution in [0, 0.1) is 0 Å². The number of hydrogen-bond donors (Lipinski definition) is 0. The van der Waals surface area contributed by atoms with E-state index >= 15 is 0 Å². The van der Waals surface area contributed by atoms with Crippen LogP contribution in [0.25, 0.3) is 86.6 Å². The van der Waals surface area contributed by atoms with Gasteiger partial charge in [0.15, 0.2) is 0 Å². The molecule has 0 amide bonds. The van der Waals surface area contributed by atoms with Crippen LogP contribution in [-0.4, -0.2) is 18.9 Å². The largest absolute Gasteiger partial charge is 0.279 e. The van der Waals surface area contributed by atoms with Crippen LogP contribution < -0.4 is 0 Å². The summed E-state index contributed by atoms with van der Waals surface area (Å²) in [6.45, 7) is 0. The van der Waals surface area contributed by atoms with Crippen molar-refractivity contribution in [3.63, 3.8) is 0 Å². The Morgan fingerprint density at radius 1 is 0.442 bits per heavy atom. The molecule has 0 atom stereocenters. The molecule has 0 saturated heterocycles. The lowest BCUT2D eigenvalue weighted by molar-refractivity contribution is 0.979. The van der Waals surface area contributed by atoms with Crippen LogP contribution in [0.3, 0.4) is 0 Å². The maximum absolute atomic E-state index is 5.29. The third-order valence-corrected chi connectivity index (χ3v) is 9.86. The van der Waals surface area contributed by atoms with Crippen molar-refractivity contribution >= 4 is 80.9 Å². The lowest BCUT2D eigenvalue weighted by Gasteiger charge is -2.12. The lowest BCUT2D eigenvalue weighted by Crippen LogP contribution is -2.06. The van der Waals surface area contributed by atoms with E-state index in [1.54, 1.807) is 0 Å². The molecule has 0 aliphatic carbocycles. The second-order valence-corrected chi connectivity index (χ2v) is 12.2. The highest BCUT2D eigenvalue weighted by molar-refractivity contribution is 7.25. The molecule has 0 saturated carbocycles. The van der Waals surface area contributed by atoms with Gasteiger partial charge in [-0.25, -0.2) is 9.97 Å². The first-order valence-corrected chi connectivity index (χ1v) is 15.2. The number of hydrogen-bond acceptors (Lipinski definition) is 3. The average molecular weight is 567 g/mol. The van der Waals surface area contributed by atoms with Gasteiger partial charge in [0.2, 0.25) is 5.95 Å². The Kier molecular flexibility index (Phi) is 4.57. The number of para-hydroxylation sites is 4. The van der Waals surface area contributed by atoms with Gasteiger partial charge in [-0.15, -0.1) is 11.3 Å². The Balaban J connectivity index is 1.28. The SMILES string of the molecule is c1ccc2c(c1)nc(-n1c3ccccc3c3cc(-c4ccc5sc6ccccc6c5c4)ccc31)n1c3ccccc3nc21. The van der Waals surface area contributed by atoms with Gasteiger partial charge in [-0.3, -0.25) is 8.97 Å². The molecule has 6 aromatic carbocycles. The Bertz CT molecular complexity index is 2740. The molecule has 0 spiro atoms. The van der Waals surface area contributed by atoms with Crippen LogP contribution in [0.15, 0.2) is 133 Å². The molecule has 4 nitrogen and oxygen atoms in total. The van der Waals surface area contributed by atoms with Gasteiger partial charge in [-0.05, 0) is 71.8 Å². The monoisotopic (exact) mass is 566 g/mol. The van der Waals surface area contributed by atoms with Gasteiger partial charge in [0.1, 0.15) is 5.65 Å². The van der Waals surface area contributed by atoms with Crippen molar-refractivity contribution in [1.29, 1.82) is 0 Å². The molecular weight excluding hydrogens is 545 g/mol. The first-order chi connectivity index (χ1) is 21.3. The van der Waals surface area contributed by atoms with Crippen LogP contribution in [0.1, 0.15) is 0 Å². The maximum atomic E-state index is 5.29. The van der Waals surface area contributed by atoms with E-state index in [0.717, 1.165) is 44.6 Å². The van der Waals surface area contributed by atoms with Crippen molar-refractivity contribution in [2.24, 2.45) is 0 Å². The predicted octanol–water partition coefficient (Wildman–Crippen LogP) is 10.2. The number of benzene rings is 6. The Morgan fingerprint density at radius 3 is 1.95 bits per heavy atom. The van der Waals surface area contributed by atoms with Crippen LogP contribution in [0.4, 0.5) is 0 Å². The number of nitrogens with zero attached hydrogens (tertiary/aromatic N) is 4. The van der Waals surface area contributed by atoms with E-state index in [9.17, 15) is 0 Å². The first kappa shape index (κ1) is 23.1. The molecule has 0 fully saturated rings. The van der Waals surface area contributed by atoms with E-state index < -0.39 is 0 Å². The van der Waals surface area contributed by atoms with Crippen LogP contribution in [0.5, 0.6) is 0 Å². The molecule has 0 aliphatic heterocycles. The van der Waals surface area contributed by atoms with Gasteiger partial charge >= 0.3 is 0 Å². The predicted molar refractivity (Wildman–Crippen MR) is 181 cm³/mol. The zero-order valence-electron chi connectivity index (χ0n) is 22.9. The maximum Gasteiger partial charge on any atom is 0.221 e. The number of rotatable bonds is 2. The van der Waals surface area contributed by atoms with Crippen molar-refractivity contribution in [3.8, 4) is 17.1 Å². The summed E-state index contributed by atoms with van der Waals surface area (Å²) in [7, 11) is 0. The zero-order chi connectivity index (χ0) is 28.1. The van der Waals surface area contributed by atoms with Crippen molar-refractivity contribution in [2.45, 2.75) is 0 Å². The average Bonchev–Trinajstić information content (AvgIpc) is 3.74. The summed E-state index contributed by atoms with van der Waals surface area (Å²) in [5, 5.41) is 6.09. The molecule has 0 aliphatic rings. The summed E-state index contributed by atoms with van der Waals surface area (Å²) >= 11 is 1.86. The Morgan fingerprint density at radius 2 is 1.07 bits per heavy atom. The summed E-state index contributed by atoms with van der Waals surface area (Å²) < 4.78 is 7.17. The molecule has 4 aromatic heterocycles. The lowest BCUT2D eigenvalue weighted by atomic mass is 10.0. The zero-order valence-corrected chi connectivity index (χ0v) is 23.7. The molecule has 0 unspecified atom stereocenters. The van der Waals surface area contributed by atoms with Crippen LogP contribution in [-0.2, 0) is 0 Å². The molecule has 10 aromatic rings. The molecule has 4 heterocycles. The minimum absolute atomic E-state index is 0.840. The van der Waals surface area contributed by atoms with Crippen LogP contribution >= 0.6 is 11.3 Å². The minimum Gasteiger partial charge on any atom is -0.279 e. The molecule has 5 heteroatoms. The van der Waals surface area contributed by atoms with Gasteiger partial charge in [0.25, 0.3) is 0 Å². The summed E-state index contributed by atoms with van der Waals surface area (Å²) in [6, 6.07) is 47.7. The number of thiophene rings is 1. The van der Waals surface area contributed by atoms with E-state index in [0.29, 0.717) is 0 Å². The molecule has 10 rings (SSSR count). The molecule has 0 N–H and O–H groups in total. The molecular formula is C38H22N4S. The highest BCUT2D eigenvalue weighted by Gasteiger charge is 2.20. The molecule has 200 valence electrons. The van der Waals surface area contributed by atoms with Gasteiger partial charge in [-0.1, -0.05) is 72.8 Å². The van der Waals surface area contributed by atoms with Crippen molar-refractivity contribution in [1.82, 2.24) is 18.9 Å². The normalized spacial score (nSPS) is 12.2.